The van der Waals surface area contributed by atoms with Gasteiger partial charge < -0.3 is 9.84 Å². The Bertz CT molecular complexity index is 706. The van der Waals surface area contributed by atoms with Gasteiger partial charge in [0.05, 0.1) is 0 Å². The van der Waals surface area contributed by atoms with E-state index in [2.05, 4.69) is 13.8 Å². The van der Waals surface area contributed by atoms with E-state index in [9.17, 15) is 9.59 Å². The summed E-state index contributed by atoms with van der Waals surface area (Å²) >= 11 is 0. The standard InChI is InChI=1S/C48H94O4/c1-3-5-7-9-11-13-14-15-16-17-18-19-20-21-22-23-24-29-33-37-41-45-48(51)52-46(42-38-34-30-12-10-8-6-4-2)43-39-35-31-27-25-26-28-32-36-40-44-47(49)50/h46H,3-45H2,1-2H3,(H,49,50). The van der Waals surface area contributed by atoms with E-state index in [1.807, 2.05) is 0 Å². The van der Waals surface area contributed by atoms with Crippen molar-refractivity contribution in [3.05, 3.63) is 0 Å². The summed E-state index contributed by atoms with van der Waals surface area (Å²) in [5, 5.41) is 8.74. The van der Waals surface area contributed by atoms with E-state index in [4.69, 9.17) is 9.84 Å². The maximum atomic E-state index is 12.8. The number of unbranched alkanes of at least 4 members (excludes halogenated alkanes) is 36. The van der Waals surface area contributed by atoms with Gasteiger partial charge >= 0.3 is 11.9 Å². The Morgan fingerprint density at radius 1 is 0.346 bits per heavy atom. The Balaban J connectivity index is 3.85. The number of esters is 1. The quantitative estimate of drug-likeness (QED) is 0.0500. The Hall–Kier alpha value is -1.06. The number of rotatable bonds is 45. The van der Waals surface area contributed by atoms with E-state index < -0.39 is 5.97 Å². The van der Waals surface area contributed by atoms with Crippen molar-refractivity contribution in [2.75, 3.05) is 0 Å². The highest BCUT2D eigenvalue weighted by Gasteiger charge is 2.14. The van der Waals surface area contributed by atoms with E-state index in [0.717, 1.165) is 32.1 Å². The second-order valence-corrected chi connectivity index (χ2v) is 16.7. The Morgan fingerprint density at radius 2 is 0.577 bits per heavy atom. The zero-order valence-corrected chi connectivity index (χ0v) is 35.7. The molecule has 0 aromatic carbocycles. The molecule has 0 bridgehead atoms. The van der Waals surface area contributed by atoms with Gasteiger partial charge in [-0.15, -0.1) is 0 Å². The second-order valence-electron chi connectivity index (χ2n) is 16.7. The maximum Gasteiger partial charge on any atom is 0.306 e. The minimum absolute atomic E-state index is 0.0470. The first-order chi connectivity index (χ1) is 25.6. The molecule has 310 valence electrons. The van der Waals surface area contributed by atoms with E-state index in [1.54, 1.807) is 0 Å². The van der Waals surface area contributed by atoms with Gasteiger partial charge in [-0.05, 0) is 38.5 Å². The van der Waals surface area contributed by atoms with Crippen LogP contribution in [-0.4, -0.2) is 23.1 Å². The van der Waals surface area contributed by atoms with Crippen LogP contribution in [0, 0.1) is 0 Å². The molecule has 0 aliphatic carbocycles. The van der Waals surface area contributed by atoms with Crippen LogP contribution in [0.3, 0.4) is 0 Å². The number of hydrogen-bond acceptors (Lipinski definition) is 3. The number of carbonyl (C=O) groups excluding carboxylic acids is 1. The van der Waals surface area contributed by atoms with Gasteiger partial charge in [0.25, 0.3) is 0 Å². The van der Waals surface area contributed by atoms with Crippen LogP contribution in [-0.2, 0) is 14.3 Å². The zero-order valence-electron chi connectivity index (χ0n) is 35.7. The lowest BCUT2D eigenvalue weighted by molar-refractivity contribution is -0.150. The summed E-state index contributed by atoms with van der Waals surface area (Å²) in [7, 11) is 0. The molecule has 4 heteroatoms. The van der Waals surface area contributed by atoms with E-state index in [1.165, 1.54) is 231 Å². The molecule has 0 heterocycles. The SMILES string of the molecule is CCCCCCCCCCCCCCCCCCCCCCCC(=O)OC(CCCCCCCCCC)CCCCCCCCCCCCC(=O)O. The molecule has 1 atom stereocenters. The molecule has 0 aliphatic heterocycles. The highest BCUT2D eigenvalue weighted by Crippen LogP contribution is 2.20. The molecule has 1 N–H and O–H groups in total. The molecule has 0 aromatic heterocycles. The van der Waals surface area contributed by atoms with Gasteiger partial charge in [-0.1, -0.05) is 239 Å². The molecule has 0 rings (SSSR count). The molecule has 0 amide bonds. The number of hydrogen-bond donors (Lipinski definition) is 1. The topological polar surface area (TPSA) is 63.6 Å². The minimum atomic E-state index is -0.670. The monoisotopic (exact) mass is 735 g/mol. The van der Waals surface area contributed by atoms with Crippen molar-refractivity contribution in [3.8, 4) is 0 Å². The third kappa shape index (κ3) is 43.3. The average Bonchev–Trinajstić information content (AvgIpc) is 3.13. The Kier molecular flexibility index (Phi) is 43.4. The van der Waals surface area contributed by atoms with Crippen LogP contribution in [0.15, 0.2) is 0 Å². The van der Waals surface area contributed by atoms with Crippen LogP contribution in [0.25, 0.3) is 0 Å². The van der Waals surface area contributed by atoms with Crippen LogP contribution in [0.2, 0.25) is 0 Å². The average molecular weight is 735 g/mol. The smallest absolute Gasteiger partial charge is 0.306 e. The zero-order chi connectivity index (χ0) is 37.8. The summed E-state index contributed by atoms with van der Waals surface area (Å²) in [5.74, 6) is -0.623. The van der Waals surface area contributed by atoms with Gasteiger partial charge in [0.15, 0.2) is 0 Å². The van der Waals surface area contributed by atoms with E-state index in [-0.39, 0.29) is 12.1 Å². The van der Waals surface area contributed by atoms with Crippen LogP contribution < -0.4 is 0 Å². The number of carboxylic acid groups (broad SMARTS) is 1. The molecule has 0 radical (unpaired) electrons. The van der Waals surface area contributed by atoms with Crippen molar-refractivity contribution >= 4 is 11.9 Å². The number of carboxylic acids is 1. The van der Waals surface area contributed by atoms with Crippen LogP contribution >= 0.6 is 0 Å². The molecule has 0 fully saturated rings. The summed E-state index contributed by atoms with van der Waals surface area (Å²) in [4.78, 5) is 23.4. The predicted molar refractivity (Wildman–Crippen MR) is 227 cm³/mol. The van der Waals surface area contributed by atoms with Gasteiger partial charge in [0.1, 0.15) is 6.10 Å². The van der Waals surface area contributed by atoms with Crippen molar-refractivity contribution in [1.82, 2.24) is 0 Å². The fraction of sp³-hybridized carbons (Fsp3) is 0.958. The summed E-state index contributed by atoms with van der Waals surface area (Å²) in [6.07, 6.45) is 54.5. The molecule has 0 aliphatic rings. The lowest BCUT2D eigenvalue weighted by Gasteiger charge is -2.18. The normalized spacial score (nSPS) is 12.0. The Morgan fingerprint density at radius 3 is 0.846 bits per heavy atom. The summed E-state index contributed by atoms with van der Waals surface area (Å²) < 4.78 is 6.08. The predicted octanol–water partition coefficient (Wildman–Crippen LogP) is 16.8. The van der Waals surface area contributed by atoms with Crippen LogP contribution in [0.5, 0.6) is 0 Å². The number of carbonyl (C=O) groups is 2. The van der Waals surface area contributed by atoms with Crippen molar-refractivity contribution in [3.63, 3.8) is 0 Å². The van der Waals surface area contributed by atoms with Crippen molar-refractivity contribution in [2.45, 2.75) is 296 Å². The lowest BCUT2D eigenvalue weighted by Crippen LogP contribution is -2.18. The molecular weight excluding hydrogens is 641 g/mol. The highest BCUT2D eigenvalue weighted by atomic mass is 16.5. The van der Waals surface area contributed by atoms with Gasteiger partial charge in [-0.3, -0.25) is 9.59 Å². The van der Waals surface area contributed by atoms with Gasteiger partial charge in [0.2, 0.25) is 0 Å². The number of aliphatic carboxylic acids is 1. The maximum absolute atomic E-state index is 12.8. The van der Waals surface area contributed by atoms with Crippen LogP contribution in [0.1, 0.15) is 290 Å². The lowest BCUT2D eigenvalue weighted by atomic mass is 10.0. The van der Waals surface area contributed by atoms with Crippen LogP contribution in [0.4, 0.5) is 0 Å². The van der Waals surface area contributed by atoms with Crippen molar-refractivity contribution in [2.24, 2.45) is 0 Å². The number of ether oxygens (including phenoxy) is 1. The fourth-order valence-electron chi connectivity index (χ4n) is 7.78. The molecule has 0 saturated heterocycles. The van der Waals surface area contributed by atoms with Gasteiger partial charge in [-0.25, -0.2) is 0 Å². The first kappa shape index (κ1) is 50.9. The summed E-state index contributed by atoms with van der Waals surface area (Å²) in [6, 6.07) is 0. The first-order valence-electron chi connectivity index (χ1n) is 24.0. The van der Waals surface area contributed by atoms with Gasteiger partial charge in [-0.2, -0.15) is 0 Å². The largest absolute Gasteiger partial charge is 0.481 e. The molecule has 0 spiro atoms. The highest BCUT2D eigenvalue weighted by molar-refractivity contribution is 5.69. The third-order valence-electron chi connectivity index (χ3n) is 11.3. The molecule has 4 nitrogen and oxygen atoms in total. The minimum Gasteiger partial charge on any atom is -0.481 e. The second kappa shape index (κ2) is 44.3. The molecule has 1 unspecified atom stereocenters. The molecule has 0 aromatic rings. The van der Waals surface area contributed by atoms with Crippen molar-refractivity contribution in [1.29, 1.82) is 0 Å². The van der Waals surface area contributed by atoms with Gasteiger partial charge in [0, 0.05) is 12.8 Å². The molecular formula is C48H94O4. The Labute approximate surface area is 326 Å². The molecule has 52 heavy (non-hydrogen) atoms. The third-order valence-corrected chi connectivity index (χ3v) is 11.3. The molecule has 0 saturated carbocycles. The summed E-state index contributed by atoms with van der Waals surface area (Å²) in [5.41, 5.74) is 0. The fourth-order valence-corrected chi connectivity index (χ4v) is 7.78. The first-order valence-corrected chi connectivity index (χ1v) is 24.0. The van der Waals surface area contributed by atoms with E-state index >= 15 is 0 Å². The van der Waals surface area contributed by atoms with E-state index in [0.29, 0.717) is 12.8 Å². The van der Waals surface area contributed by atoms with Crippen molar-refractivity contribution < 1.29 is 19.4 Å². The summed E-state index contributed by atoms with van der Waals surface area (Å²) in [6.45, 7) is 4.58.